The number of nitrogens with two attached hydrogens (primary N) is 1. The second kappa shape index (κ2) is 1.10. The Hall–Kier alpha value is -0.0400. The molecule has 0 aromatic heterocycles. The highest BCUT2D eigenvalue weighted by Crippen LogP contribution is 2.63. The van der Waals surface area contributed by atoms with Crippen LogP contribution in [0.2, 0.25) is 0 Å². The summed E-state index contributed by atoms with van der Waals surface area (Å²) < 4.78 is 0. The Morgan fingerprint density at radius 2 is 2.25 bits per heavy atom. The van der Waals surface area contributed by atoms with Gasteiger partial charge in [-0.3, -0.25) is 0 Å². The Bertz CT molecular complexity index is 118. The van der Waals surface area contributed by atoms with Crippen molar-refractivity contribution in [1.29, 1.82) is 0 Å². The van der Waals surface area contributed by atoms with Crippen LogP contribution in [0.3, 0.4) is 0 Å². The maximum absolute atomic E-state index is 5.75. The second-order valence-corrected chi connectivity index (χ2v) is 3.48. The van der Waals surface area contributed by atoms with Crippen molar-refractivity contribution in [1.82, 2.24) is 0 Å². The summed E-state index contributed by atoms with van der Waals surface area (Å²) >= 11 is 0. The molecule has 0 aromatic rings. The molecule has 1 nitrogen and oxygen atoms in total. The summed E-state index contributed by atoms with van der Waals surface area (Å²) in [5.41, 5.74) is 6.42. The topological polar surface area (TPSA) is 26.0 Å². The highest BCUT2D eigenvalue weighted by Gasteiger charge is 2.60. The van der Waals surface area contributed by atoms with Gasteiger partial charge < -0.3 is 5.73 Å². The molecule has 0 aliphatic heterocycles. The van der Waals surface area contributed by atoms with Crippen LogP contribution in [0.1, 0.15) is 26.2 Å². The van der Waals surface area contributed by atoms with Crippen molar-refractivity contribution < 1.29 is 0 Å². The summed E-state index contributed by atoms with van der Waals surface area (Å²) in [6, 6.07) is 0.575. The molecule has 3 unspecified atom stereocenters. The van der Waals surface area contributed by atoms with Crippen molar-refractivity contribution in [3.63, 3.8) is 0 Å². The lowest BCUT2D eigenvalue weighted by Gasteiger charge is -2.34. The van der Waals surface area contributed by atoms with Gasteiger partial charge in [-0.2, -0.15) is 0 Å². The van der Waals surface area contributed by atoms with Crippen LogP contribution in [0.5, 0.6) is 0 Å². The average molecular weight is 111 g/mol. The first-order valence-electron chi connectivity index (χ1n) is 3.51. The molecule has 2 N–H and O–H groups in total. The largest absolute Gasteiger partial charge is 0.327 e. The highest BCUT2D eigenvalue weighted by atomic mass is 14.8. The van der Waals surface area contributed by atoms with Gasteiger partial charge in [-0.1, -0.05) is 6.92 Å². The van der Waals surface area contributed by atoms with Gasteiger partial charge in [-0.05, 0) is 30.6 Å². The molecule has 0 aromatic carbocycles. The minimum absolute atomic E-state index is 0.575. The van der Waals surface area contributed by atoms with Crippen LogP contribution in [-0.2, 0) is 0 Å². The van der Waals surface area contributed by atoms with Crippen molar-refractivity contribution in [2.24, 2.45) is 17.1 Å². The zero-order valence-electron chi connectivity index (χ0n) is 5.35. The third-order valence-corrected chi connectivity index (χ3v) is 3.20. The van der Waals surface area contributed by atoms with Gasteiger partial charge in [0.1, 0.15) is 0 Å². The van der Waals surface area contributed by atoms with Crippen LogP contribution in [0.25, 0.3) is 0 Å². The van der Waals surface area contributed by atoms with E-state index in [0.717, 1.165) is 5.92 Å². The molecular formula is C7H13N. The fourth-order valence-electron chi connectivity index (χ4n) is 2.01. The summed E-state index contributed by atoms with van der Waals surface area (Å²) in [7, 11) is 0. The number of hydrogen-bond acceptors (Lipinski definition) is 1. The van der Waals surface area contributed by atoms with Crippen molar-refractivity contribution in [3.8, 4) is 0 Å². The molecule has 2 saturated carbocycles. The van der Waals surface area contributed by atoms with Crippen LogP contribution in [0, 0.1) is 11.3 Å². The summed E-state index contributed by atoms with van der Waals surface area (Å²) in [5, 5.41) is 0. The van der Waals surface area contributed by atoms with E-state index >= 15 is 0 Å². The molecule has 2 aliphatic rings. The summed E-state index contributed by atoms with van der Waals surface area (Å²) in [6.07, 6.45) is 4.15. The molecule has 8 heavy (non-hydrogen) atoms. The Labute approximate surface area is 50.3 Å². The van der Waals surface area contributed by atoms with Gasteiger partial charge in [-0.25, -0.2) is 0 Å². The zero-order chi connectivity index (χ0) is 5.78. The van der Waals surface area contributed by atoms with E-state index in [1.165, 1.54) is 19.3 Å². The molecule has 2 rings (SSSR count). The Balaban J connectivity index is 2.08. The van der Waals surface area contributed by atoms with Crippen LogP contribution in [0.15, 0.2) is 0 Å². The van der Waals surface area contributed by atoms with E-state index in [0.29, 0.717) is 11.5 Å². The van der Waals surface area contributed by atoms with Gasteiger partial charge in [-0.15, -0.1) is 0 Å². The van der Waals surface area contributed by atoms with E-state index in [9.17, 15) is 0 Å². The summed E-state index contributed by atoms with van der Waals surface area (Å²) in [4.78, 5) is 0. The first-order chi connectivity index (χ1) is 3.76. The number of hydrogen-bond donors (Lipinski definition) is 1. The second-order valence-electron chi connectivity index (χ2n) is 3.48. The summed E-state index contributed by atoms with van der Waals surface area (Å²) in [6.45, 7) is 2.33. The fourth-order valence-corrected chi connectivity index (χ4v) is 2.01. The third-order valence-electron chi connectivity index (χ3n) is 3.20. The Morgan fingerprint density at radius 3 is 2.25 bits per heavy atom. The van der Waals surface area contributed by atoms with Crippen LogP contribution >= 0.6 is 0 Å². The predicted octanol–water partition coefficient (Wildman–Crippen LogP) is 1.13. The molecule has 0 bridgehead atoms. The van der Waals surface area contributed by atoms with Crippen molar-refractivity contribution in [2.75, 3.05) is 0 Å². The smallest absolute Gasteiger partial charge is 0.0105 e. The molecular weight excluding hydrogens is 98.1 g/mol. The lowest BCUT2D eigenvalue weighted by Crippen LogP contribution is -2.30. The van der Waals surface area contributed by atoms with Gasteiger partial charge in [0.15, 0.2) is 0 Å². The third kappa shape index (κ3) is 0.334. The molecule has 0 radical (unpaired) electrons. The van der Waals surface area contributed by atoms with E-state index in [-0.39, 0.29) is 0 Å². The molecule has 2 fully saturated rings. The van der Waals surface area contributed by atoms with E-state index in [1.807, 2.05) is 0 Å². The predicted molar refractivity (Wildman–Crippen MR) is 33.4 cm³/mol. The highest BCUT2D eigenvalue weighted by molar-refractivity contribution is 5.13. The normalized spacial score (nSPS) is 60.8. The van der Waals surface area contributed by atoms with Gasteiger partial charge in [0.25, 0.3) is 0 Å². The lowest BCUT2D eigenvalue weighted by molar-refractivity contribution is 0.161. The molecule has 3 atom stereocenters. The van der Waals surface area contributed by atoms with Gasteiger partial charge in [0.2, 0.25) is 0 Å². The minimum Gasteiger partial charge on any atom is -0.327 e. The average Bonchev–Trinajstić information content (AvgIpc) is 2.40. The summed E-state index contributed by atoms with van der Waals surface area (Å²) in [5.74, 6) is 0.942. The minimum atomic E-state index is 0.575. The van der Waals surface area contributed by atoms with Crippen LogP contribution < -0.4 is 5.73 Å². The molecule has 0 heterocycles. The first-order valence-corrected chi connectivity index (χ1v) is 3.51. The monoisotopic (exact) mass is 111 g/mol. The van der Waals surface area contributed by atoms with Crippen molar-refractivity contribution in [2.45, 2.75) is 32.2 Å². The molecule has 2 aliphatic carbocycles. The Kier molecular flexibility index (Phi) is 0.663. The molecule has 46 valence electrons. The van der Waals surface area contributed by atoms with Crippen LogP contribution in [0.4, 0.5) is 0 Å². The maximum Gasteiger partial charge on any atom is 0.0105 e. The zero-order valence-corrected chi connectivity index (χ0v) is 5.35. The van der Waals surface area contributed by atoms with E-state index in [2.05, 4.69) is 6.92 Å². The molecule has 0 saturated heterocycles. The van der Waals surface area contributed by atoms with E-state index in [1.54, 1.807) is 0 Å². The van der Waals surface area contributed by atoms with E-state index in [4.69, 9.17) is 5.73 Å². The van der Waals surface area contributed by atoms with Crippen LogP contribution in [-0.4, -0.2) is 6.04 Å². The first kappa shape index (κ1) is 4.80. The lowest BCUT2D eigenvalue weighted by atomic mass is 9.71. The molecule has 1 heteroatoms. The Morgan fingerprint density at radius 1 is 1.62 bits per heavy atom. The van der Waals surface area contributed by atoms with Crippen molar-refractivity contribution >= 4 is 0 Å². The van der Waals surface area contributed by atoms with Crippen molar-refractivity contribution in [3.05, 3.63) is 0 Å². The maximum atomic E-state index is 5.75. The molecule has 0 amide bonds. The quantitative estimate of drug-likeness (QED) is 0.498. The molecule has 1 spiro atoms. The van der Waals surface area contributed by atoms with E-state index < -0.39 is 0 Å². The SMILES string of the molecule is CC1CCC12CC2N. The number of rotatable bonds is 0. The van der Waals surface area contributed by atoms with Gasteiger partial charge >= 0.3 is 0 Å². The van der Waals surface area contributed by atoms with Gasteiger partial charge in [0.05, 0.1) is 0 Å². The standard InChI is InChI=1S/C7H13N/c1-5-2-3-7(5)4-6(7)8/h5-6H,2-4,8H2,1H3. The fraction of sp³-hybridized carbons (Fsp3) is 1.00. The van der Waals surface area contributed by atoms with Gasteiger partial charge in [0, 0.05) is 6.04 Å².